The third kappa shape index (κ3) is 4.43. The molecule has 1 aromatic heterocycles. The van der Waals surface area contributed by atoms with Crippen molar-refractivity contribution in [1.82, 2.24) is 10.4 Å². The Morgan fingerprint density at radius 1 is 1.27 bits per heavy atom. The highest BCUT2D eigenvalue weighted by atomic mass is 32.1. The number of carbonyl (C=O) groups is 1. The number of hydrogen-bond acceptors (Lipinski definition) is 6. The molecule has 6 nitrogen and oxygen atoms in total. The number of anilines is 1. The molecule has 3 aliphatic rings. The molecule has 0 bridgehead atoms. The van der Waals surface area contributed by atoms with Crippen LogP contribution in [0.15, 0.2) is 10.5 Å². The van der Waals surface area contributed by atoms with Crippen LogP contribution in [0.4, 0.5) is 5.13 Å². The smallest absolute Gasteiger partial charge is 0.246 e. The van der Waals surface area contributed by atoms with E-state index in [1.807, 2.05) is 5.38 Å². The Balaban J connectivity index is 1.27. The Morgan fingerprint density at radius 3 is 2.92 bits per heavy atom. The van der Waals surface area contributed by atoms with Crippen LogP contribution < -0.4 is 10.3 Å². The van der Waals surface area contributed by atoms with Crippen LogP contribution in [0.2, 0.25) is 0 Å². The Hall–Kier alpha value is -1.47. The highest BCUT2D eigenvalue weighted by Gasteiger charge is 2.30. The first-order valence-corrected chi connectivity index (χ1v) is 10.8. The van der Waals surface area contributed by atoms with Crippen molar-refractivity contribution >= 4 is 28.1 Å². The molecule has 1 N–H and O–H groups in total. The molecule has 3 fully saturated rings. The number of nitrogens with one attached hydrogen (secondary N) is 1. The first-order chi connectivity index (χ1) is 12.8. The van der Waals surface area contributed by atoms with Gasteiger partial charge in [0.25, 0.3) is 0 Å². The van der Waals surface area contributed by atoms with Crippen molar-refractivity contribution in [2.24, 2.45) is 16.9 Å². The summed E-state index contributed by atoms with van der Waals surface area (Å²) in [7, 11) is 0. The Bertz CT molecular complexity index is 654. The summed E-state index contributed by atoms with van der Waals surface area (Å²) in [6.07, 6.45) is 9.13. The molecule has 2 saturated carbocycles. The normalized spacial score (nSPS) is 28.0. The molecular formula is C19H28N4O2S. The van der Waals surface area contributed by atoms with Gasteiger partial charge in [0.2, 0.25) is 5.91 Å². The molecule has 1 saturated heterocycles. The van der Waals surface area contributed by atoms with E-state index in [4.69, 9.17) is 4.74 Å². The van der Waals surface area contributed by atoms with E-state index >= 15 is 0 Å². The number of morpholine rings is 1. The van der Waals surface area contributed by atoms with Crippen molar-refractivity contribution < 1.29 is 9.53 Å². The number of thiazole rings is 1. The molecule has 4 rings (SSSR count). The maximum Gasteiger partial charge on any atom is 0.246 e. The van der Waals surface area contributed by atoms with Gasteiger partial charge in [-0.2, -0.15) is 5.10 Å². The number of nitrogens with zero attached hydrogens (tertiary/aromatic N) is 3. The van der Waals surface area contributed by atoms with Gasteiger partial charge < -0.3 is 9.64 Å². The van der Waals surface area contributed by atoms with Gasteiger partial charge in [-0.25, -0.2) is 10.4 Å². The number of carbonyl (C=O) groups excluding carboxylic acids is 1. The molecule has 26 heavy (non-hydrogen) atoms. The van der Waals surface area contributed by atoms with E-state index in [-0.39, 0.29) is 5.91 Å². The van der Waals surface area contributed by atoms with Crippen molar-refractivity contribution in [3.8, 4) is 0 Å². The van der Waals surface area contributed by atoms with E-state index < -0.39 is 0 Å². The van der Waals surface area contributed by atoms with Crippen LogP contribution in [0.1, 0.15) is 50.6 Å². The highest BCUT2D eigenvalue weighted by molar-refractivity contribution is 7.13. The molecule has 2 heterocycles. The third-order valence-corrected chi connectivity index (χ3v) is 6.82. The number of amides is 1. The zero-order valence-electron chi connectivity index (χ0n) is 15.3. The van der Waals surface area contributed by atoms with Crippen LogP contribution in [0, 0.1) is 11.8 Å². The number of rotatable bonds is 4. The van der Waals surface area contributed by atoms with E-state index in [0.717, 1.165) is 61.8 Å². The van der Waals surface area contributed by atoms with E-state index in [1.54, 1.807) is 11.3 Å². The van der Waals surface area contributed by atoms with Gasteiger partial charge in [0.05, 0.1) is 25.3 Å². The predicted molar refractivity (Wildman–Crippen MR) is 104 cm³/mol. The number of aromatic nitrogens is 1. The molecule has 0 spiro atoms. The van der Waals surface area contributed by atoms with E-state index in [1.165, 1.54) is 37.8 Å². The van der Waals surface area contributed by atoms with E-state index in [2.05, 4.69) is 20.4 Å². The lowest BCUT2D eigenvalue weighted by Gasteiger charge is -2.35. The minimum atomic E-state index is -0.0675. The number of ether oxygens (including phenoxy) is 1. The zero-order chi connectivity index (χ0) is 17.8. The fourth-order valence-corrected chi connectivity index (χ4v) is 5.29. The summed E-state index contributed by atoms with van der Waals surface area (Å²) in [6, 6.07) is 0. The SMILES string of the molecule is O=C(Cc1csc(N2CCOCC2)n1)N/N=C1/CC[C@H]2CCCC[C@@H]2C1. The molecule has 1 aliphatic heterocycles. The summed E-state index contributed by atoms with van der Waals surface area (Å²) < 4.78 is 5.37. The van der Waals surface area contributed by atoms with Crippen LogP contribution in [0.5, 0.6) is 0 Å². The van der Waals surface area contributed by atoms with Gasteiger partial charge in [-0.05, 0) is 37.5 Å². The molecule has 1 amide bonds. The van der Waals surface area contributed by atoms with Crippen LogP contribution in [-0.4, -0.2) is 42.9 Å². The molecule has 1 aromatic rings. The molecule has 0 aromatic carbocycles. The van der Waals surface area contributed by atoms with Gasteiger partial charge >= 0.3 is 0 Å². The second-order valence-electron chi connectivity index (χ2n) is 7.66. The lowest BCUT2D eigenvalue weighted by atomic mass is 9.70. The summed E-state index contributed by atoms with van der Waals surface area (Å²) in [6.45, 7) is 3.23. The van der Waals surface area contributed by atoms with Crippen LogP contribution in [0.3, 0.4) is 0 Å². The number of fused-ring (bicyclic) bond motifs is 1. The fourth-order valence-electron chi connectivity index (χ4n) is 4.41. The third-order valence-electron chi connectivity index (χ3n) is 5.87. The quantitative estimate of drug-likeness (QED) is 0.821. The van der Waals surface area contributed by atoms with Crippen molar-refractivity contribution in [3.63, 3.8) is 0 Å². The zero-order valence-corrected chi connectivity index (χ0v) is 16.1. The second-order valence-corrected chi connectivity index (χ2v) is 8.49. The number of hydrazone groups is 1. The highest BCUT2D eigenvalue weighted by Crippen LogP contribution is 2.39. The fraction of sp³-hybridized carbons (Fsp3) is 0.737. The van der Waals surface area contributed by atoms with Gasteiger partial charge in [0.15, 0.2) is 5.13 Å². The second kappa shape index (κ2) is 8.48. The summed E-state index contributed by atoms with van der Waals surface area (Å²) in [5, 5.41) is 7.39. The van der Waals surface area contributed by atoms with Crippen LogP contribution in [0.25, 0.3) is 0 Å². The molecule has 2 atom stereocenters. The van der Waals surface area contributed by atoms with Gasteiger partial charge in [-0.1, -0.05) is 19.3 Å². The average molecular weight is 377 g/mol. The topological polar surface area (TPSA) is 66.8 Å². The minimum absolute atomic E-state index is 0.0675. The minimum Gasteiger partial charge on any atom is -0.378 e. The van der Waals surface area contributed by atoms with Crippen molar-refractivity contribution in [2.45, 2.75) is 51.4 Å². The Kier molecular flexibility index (Phi) is 5.84. The van der Waals surface area contributed by atoms with Crippen molar-refractivity contribution in [1.29, 1.82) is 0 Å². The maximum absolute atomic E-state index is 12.2. The van der Waals surface area contributed by atoms with E-state index in [9.17, 15) is 4.79 Å². The molecule has 2 aliphatic carbocycles. The van der Waals surface area contributed by atoms with Crippen LogP contribution >= 0.6 is 11.3 Å². The standard InChI is InChI=1S/C19H28N4O2S/c24-18(12-17-13-26-19(20-17)23-7-9-25-10-8-23)22-21-16-6-5-14-3-1-2-4-15(14)11-16/h13-15H,1-12H2,(H,22,24)/b21-16-/t14-,15-/m1/s1. The van der Waals surface area contributed by atoms with Gasteiger partial charge in [-0.15, -0.1) is 11.3 Å². The monoisotopic (exact) mass is 376 g/mol. The molecular weight excluding hydrogens is 348 g/mol. The molecule has 7 heteroatoms. The largest absolute Gasteiger partial charge is 0.378 e. The number of hydrogen-bond donors (Lipinski definition) is 1. The van der Waals surface area contributed by atoms with Gasteiger partial charge in [0.1, 0.15) is 0 Å². The first kappa shape index (κ1) is 17.9. The maximum atomic E-state index is 12.2. The van der Waals surface area contributed by atoms with Crippen LogP contribution in [-0.2, 0) is 16.0 Å². The summed E-state index contributed by atoms with van der Waals surface area (Å²) in [5.41, 5.74) is 4.76. The summed E-state index contributed by atoms with van der Waals surface area (Å²) in [5.74, 6) is 1.62. The van der Waals surface area contributed by atoms with Gasteiger partial charge in [0, 0.05) is 24.2 Å². The lowest BCUT2D eigenvalue weighted by molar-refractivity contribution is -0.120. The Labute approximate surface area is 159 Å². The summed E-state index contributed by atoms with van der Waals surface area (Å²) >= 11 is 1.60. The summed E-state index contributed by atoms with van der Waals surface area (Å²) in [4.78, 5) is 19.1. The Morgan fingerprint density at radius 2 is 2.08 bits per heavy atom. The predicted octanol–water partition coefficient (Wildman–Crippen LogP) is 2.98. The van der Waals surface area contributed by atoms with Crippen molar-refractivity contribution in [3.05, 3.63) is 11.1 Å². The molecule has 0 unspecified atom stereocenters. The lowest BCUT2D eigenvalue weighted by Crippen LogP contribution is -2.36. The van der Waals surface area contributed by atoms with Crippen molar-refractivity contribution in [2.75, 3.05) is 31.2 Å². The van der Waals surface area contributed by atoms with E-state index in [0.29, 0.717) is 6.42 Å². The first-order valence-electron chi connectivity index (χ1n) is 9.89. The average Bonchev–Trinajstić information content (AvgIpc) is 3.15. The van der Waals surface area contributed by atoms with Gasteiger partial charge in [-0.3, -0.25) is 4.79 Å². The molecule has 142 valence electrons. The molecule has 0 radical (unpaired) electrons.